The lowest BCUT2D eigenvalue weighted by Gasteiger charge is -2.37. The number of nitrogens with zero attached hydrogens (tertiary/aromatic N) is 3. The van der Waals surface area contributed by atoms with Crippen molar-refractivity contribution in [3.8, 4) is 0 Å². The van der Waals surface area contributed by atoms with E-state index >= 15 is 0 Å². The lowest BCUT2D eigenvalue weighted by Crippen LogP contribution is -2.53. The van der Waals surface area contributed by atoms with Crippen LogP contribution in [-0.2, 0) is 15.9 Å². The Balaban J connectivity index is 0.00000208. The number of nitrogens with one attached hydrogen (secondary N) is 1. The molecule has 6 nitrogen and oxygen atoms in total. The lowest BCUT2D eigenvalue weighted by atomic mass is 10.1. The third-order valence-electron chi connectivity index (χ3n) is 4.32. The Bertz CT molecular complexity index is 534. The average molecular weight is 466 g/mol. The maximum Gasteiger partial charge on any atom is 0.193 e. The number of aryl methyl sites for hydroxylation is 1. The molecule has 0 aliphatic carbocycles. The Morgan fingerprint density at radius 2 is 2.25 bits per heavy atom. The average Bonchev–Trinajstić information content (AvgIpc) is 3.23. The van der Waals surface area contributed by atoms with Crippen LogP contribution in [0.5, 0.6) is 0 Å². The molecule has 0 aromatic carbocycles. The molecule has 0 radical (unpaired) electrons. The highest BCUT2D eigenvalue weighted by Gasteiger charge is 2.32. The number of ether oxygens (including phenoxy) is 2. The van der Waals surface area contributed by atoms with Crippen molar-refractivity contribution in [2.24, 2.45) is 4.99 Å². The lowest BCUT2D eigenvalue weighted by molar-refractivity contribution is -0.0816. The second-order valence-corrected chi connectivity index (χ2v) is 7.05. The summed E-state index contributed by atoms with van der Waals surface area (Å²) in [6, 6.07) is 0. The molecule has 2 fully saturated rings. The predicted molar refractivity (Wildman–Crippen MR) is 108 cm³/mol. The molecule has 1 aromatic rings. The molecule has 2 saturated heterocycles. The minimum atomic E-state index is 0. The molecule has 2 aliphatic rings. The maximum atomic E-state index is 5.91. The van der Waals surface area contributed by atoms with Gasteiger partial charge < -0.3 is 19.7 Å². The van der Waals surface area contributed by atoms with Gasteiger partial charge >= 0.3 is 0 Å². The zero-order chi connectivity index (χ0) is 16.1. The van der Waals surface area contributed by atoms with Crippen LogP contribution in [0.15, 0.2) is 10.4 Å². The highest BCUT2D eigenvalue weighted by atomic mass is 127. The van der Waals surface area contributed by atoms with Gasteiger partial charge in [0.25, 0.3) is 0 Å². The highest BCUT2D eigenvalue weighted by Crippen LogP contribution is 2.21. The second kappa shape index (κ2) is 9.88. The van der Waals surface area contributed by atoms with Crippen molar-refractivity contribution in [1.82, 2.24) is 15.2 Å². The Labute approximate surface area is 165 Å². The molecule has 136 valence electrons. The van der Waals surface area contributed by atoms with Crippen molar-refractivity contribution in [3.63, 3.8) is 0 Å². The molecule has 1 aromatic heterocycles. The number of hydrogen-bond acceptors (Lipinski definition) is 5. The fraction of sp³-hybridized carbons (Fsp3) is 0.750. The number of morpholine rings is 1. The summed E-state index contributed by atoms with van der Waals surface area (Å²) in [5.74, 6) is 0.947. The minimum absolute atomic E-state index is 0. The molecular weight excluding hydrogens is 439 g/mol. The number of thiazole rings is 1. The van der Waals surface area contributed by atoms with Crippen LogP contribution >= 0.6 is 35.3 Å². The van der Waals surface area contributed by atoms with Crippen LogP contribution in [0.2, 0.25) is 0 Å². The molecule has 2 aliphatic heterocycles. The van der Waals surface area contributed by atoms with Gasteiger partial charge in [0.1, 0.15) is 6.10 Å². The summed E-state index contributed by atoms with van der Waals surface area (Å²) in [6.07, 6.45) is 3.57. The molecule has 8 heteroatoms. The molecule has 0 spiro atoms. The predicted octanol–water partition coefficient (Wildman–Crippen LogP) is 2.07. The summed E-state index contributed by atoms with van der Waals surface area (Å²) in [7, 11) is 1.84. The topological polar surface area (TPSA) is 59.0 Å². The largest absolute Gasteiger partial charge is 0.375 e. The molecule has 0 saturated carbocycles. The van der Waals surface area contributed by atoms with Gasteiger partial charge in [0.2, 0.25) is 0 Å². The molecule has 3 heterocycles. The van der Waals surface area contributed by atoms with Crippen molar-refractivity contribution in [2.45, 2.75) is 38.4 Å². The molecule has 24 heavy (non-hydrogen) atoms. The van der Waals surface area contributed by atoms with Gasteiger partial charge in [-0.05, 0) is 19.8 Å². The van der Waals surface area contributed by atoms with Crippen LogP contribution < -0.4 is 5.32 Å². The van der Waals surface area contributed by atoms with E-state index in [9.17, 15) is 0 Å². The fourth-order valence-electron chi connectivity index (χ4n) is 3.15. The second-order valence-electron chi connectivity index (χ2n) is 5.99. The van der Waals surface area contributed by atoms with E-state index in [1.165, 1.54) is 0 Å². The number of rotatable bonds is 4. The monoisotopic (exact) mass is 466 g/mol. The summed E-state index contributed by atoms with van der Waals surface area (Å²) < 4.78 is 11.7. The Morgan fingerprint density at radius 3 is 2.92 bits per heavy atom. The van der Waals surface area contributed by atoms with Crippen molar-refractivity contribution in [2.75, 3.05) is 39.9 Å². The number of hydrogen-bond donors (Lipinski definition) is 1. The molecule has 2 atom stereocenters. The van der Waals surface area contributed by atoms with Crippen LogP contribution in [0.1, 0.15) is 23.5 Å². The minimum Gasteiger partial charge on any atom is -0.375 e. The molecular formula is C16H27IN4O2S. The van der Waals surface area contributed by atoms with E-state index in [4.69, 9.17) is 9.47 Å². The number of aromatic nitrogens is 1. The van der Waals surface area contributed by atoms with Gasteiger partial charge in [-0.2, -0.15) is 0 Å². The molecule has 3 rings (SSSR count). The van der Waals surface area contributed by atoms with Crippen LogP contribution in [0.4, 0.5) is 0 Å². The van der Waals surface area contributed by atoms with Crippen LogP contribution in [0, 0.1) is 6.92 Å². The Morgan fingerprint density at radius 1 is 1.42 bits per heavy atom. The van der Waals surface area contributed by atoms with Gasteiger partial charge in [0, 0.05) is 45.1 Å². The molecule has 0 bridgehead atoms. The number of guanidine groups is 1. The highest BCUT2D eigenvalue weighted by molar-refractivity contribution is 14.0. The third kappa shape index (κ3) is 5.27. The zero-order valence-electron chi connectivity index (χ0n) is 14.4. The van der Waals surface area contributed by atoms with Gasteiger partial charge in [-0.1, -0.05) is 0 Å². The SMILES string of the molecule is CN=C(NCCc1csc(C)n1)N1CCOC(C2CCCO2)C1.I. The first-order valence-electron chi connectivity index (χ1n) is 8.36. The van der Waals surface area contributed by atoms with Crippen LogP contribution in [0.3, 0.4) is 0 Å². The van der Waals surface area contributed by atoms with E-state index in [1.54, 1.807) is 11.3 Å². The van der Waals surface area contributed by atoms with Gasteiger partial charge in [0.05, 0.1) is 23.4 Å². The van der Waals surface area contributed by atoms with Gasteiger partial charge in [-0.3, -0.25) is 4.99 Å². The summed E-state index contributed by atoms with van der Waals surface area (Å²) >= 11 is 1.70. The van der Waals surface area contributed by atoms with Crippen LogP contribution in [0.25, 0.3) is 0 Å². The van der Waals surface area contributed by atoms with Crippen molar-refractivity contribution in [3.05, 3.63) is 16.1 Å². The van der Waals surface area contributed by atoms with Crippen molar-refractivity contribution >= 4 is 41.3 Å². The summed E-state index contributed by atoms with van der Waals surface area (Å²) in [5, 5.41) is 6.70. The summed E-state index contributed by atoms with van der Waals surface area (Å²) in [4.78, 5) is 11.2. The maximum absolute atomic E-state index is 5.91. The Kier molecular flexibility index (Phi) is 8.18. The normalized spacial score (nSPS) is 24.8. The fourth-order valence-corrected chi connectivity index (χ4v) is 3.79. The summed E-state index contributed by atoms with van der Waals surface area (Å²) in [6.45, 7) is 6.21. The first-order valence-corrected chi connectivity index (χ1v) is 9.24. The summed E-state index contributed by atoms with van der Waals surface area (Å²) in [5.41, 5.74) is 1.15. The number of aliphatic imine (C=N–C) groups is 1. The van der Waals surface area contributed by atoms with E-state index in [0.29, 0.717) is 0 Å². The number of halogens is 1. The van der Waals surface area contributed by atoms with Crippen molar-refractivity contribution < 1.29 is 9.47 Å². The van der Waals surface area contributed by atoms with Crippen LogP contribution in [-0.4, -0.2) is 67.9 Å². The molecule has 1 N–H and O–H groups in total. The van der Waals surface area contributed by atoms with Gasteiger partial charge in [-0.25, -0.2) is 4.98 Å². The smallest absolute Gasteiger partial charge is 0.193 e. The quantitative estimate of drug-likeness (QED) is 0.419. The van der Waals surface area contributed by atoms with Crippen molar-refractivity contribution in [1.29, 1.82) is 0 Å². The van der Waals surface area contributed by atoms with Gasteiger partial charge in [0.15, 0.2) is 5.96 Å². The molecule has 2 unspecified atom stereocenters. The van der Waals surface area contributed by atoms with E-state index < -0.39 is 0 Å². The first kappa shape index (κ1) is 19.9. The van der Waals surface area contributed by atoms with Gasteiger partial charge in [-0.15, -0.1) is 35.3 Å². The van der Waals surface area contributed by atoms with E-state index in [-0.39, 0.29) is 36.2 Å². The zero-order valence-corrected chi connectivity index (χ0v) is 17.5. The standard InChI is InChI=1S/C16H26N4O2S.HI/c1-12-19-13(11-23-12)5-6-18-16(17-2)20-7-9-22-15(10-20)14-4-3-8-21-14;/h11,14-15H,3-10H2,1-2H3,(H,17,18);1H. The van der Waals surface area contributed by atoms with E-state index in [1.807, 2.05) is 14.0 Å². The third-order valence-corrected chi connectivity index (χ3v) is 5.14. The first-order chi connectivity index (χ1) is 11.3. The van der Waals surface area contributed by atoms with E-state index in [2.05, 4.69) is 25.6 Å². The van der Waals surface area contributed by atoms with E-state index in [0.717, 1.165) is 68.8 Å². The molecule has 0 amide bonds. The Hall–Kier alpha value is -0.450.